The predicted octanol–water partition coefficient (Wildman–Crippen LogP) is 8.45. The largest absolute Gasteiger partial charge is 0.416 e. The van der Waals surface area contributed by atoms with E-state index in [2.05, 4.69) is 0 Å². The van der Waals surface area contributed by atoms with E-state index in [-0.39, 0.29) is 0 Å². The number of alkyl halides is 6. The lowest BCUT2D eigenvalue weighted by Crippen LogP contribution is -2.05. The molecule has 4 aromatic rings. The lowest BCUT2D eigenvalue weighted by Gasteiger charge is -2.14. The van der Waals surface area contributed by atoms with Crippen molar-refractivity contribution in [3.8, 4) is 0 Å². The zero-order valence-electron chi connectivity index (χ0n) is 18.2. The van der Waals surface area contributed by atoms with Crippen molar-refractivity contribution >= 4 is 10.8 Å². The average Bonchev–Trinajstić information content (AvgIpc) is 2.81. The van der Waals surface area contributed by atoms with E-state index < -0.39 is 23.5 Å². The normalized spacial score (nSPS) is 12.3. The third-order valence-electron chi connectivity index (χ3n) is 6.05. The van der Waals surface area contributed by atoms with Gasteiger partial charge in [-0.25, -0.2) is 0 Å². The van der Waals surface area contributed by atoms with Gasteiger partial charge in [0.05, 0.1) is 11.1 Å². The molecule has 0 atom stereocenters. The van der Waals surface area contributed by atoms with Crippen LogP contribution in [0.25, 0.3) is 10.8 Å². The Balaban J connectivity index is 1.54. The Hall–Kier alpha value is -3.28. The van der Waals surface area contributed by atoms with Gasteiger partial charge in [0, 0.05) is 0 Å². The zero-order valence-corrected chi connectivity index (χ0v) is 18.2. The number of hydrogen-bond acceptors (Lipinski definition) is 0. The van der Waals surface area contributed by atoms with E-state index in [1.165, 1.54) is 24.3 Å². The third-order valence-corrected chi connectivity index (χ3v) is 6.05. The molecule has 0 aliphatic heterocycles. The molecule has 0 heterocycles. The highest BCUT2D eigenvalue weighted by molar-refractivity contribution is 5.86. The molecule has 0 aliphatic rings. The highest BCUT2D eigenvalue weighted by Gasteiger charge is 2.30. The van der Waals surface area contributed by atoms with Crippen LogP contribution in [0.1, 0.15) is 33.4 Å². The zero-order chi connectivity index (χ0) is 24.3. The molecular formula is C28H22F6. The van der Waals surface area contributed by atoms with Gasteiger partial charge in [0.25, 0.3) is 0 Å². The van der Waals surface area contributed by atoms with E-state index >= 15 is 0 Å². The van der Waals surface area contributed by atoms with Gasteiger partial charge in [-0.15, -0.1) is 0 Å². The SMILES string of the molecule is FC(F)(F)c1ccc(CCc2ccc3ccccc3c2CCc2ccc(C(F)(F)F)cc2)cc1. The van der Waals surface area contributed by atoms with Crippen LogP contribution in [0.4, 0.5) is 26.3 Å². The van der Waals surface area contributed by atoms with Crippen LogP contribution in [-0.4, -0.2) is 0 Å². The second-order valence-corrected chi connectivity index (χ2v) is 8.31. The van der Waals surface area contributed by atoms with Crippen molar-refractivity contribution in [3.05, 3.63) is 118 Å². The van der Waals surface area contributed by atoms with Crippen molar-refractivity contribution in [1.82, 2.24) is 0 Å². The summed E-state index contributed by atoms with van der Waals surface area (Å²) in [5, 5.41) is 2.16. The molecule has 0 aromatic heterocycles. The van der Waals surface area contributed by atoms with Crippen molar-refractivity contribution in [1.29, 1.82) is 0 Å². The summed E-state index contributed by atoms with van der Waals surface area (Å²) in [6.07, 6.45) is -6.25. The van der Waals surface area contributed by atoms with Gasteiger partial charge < -0.3 is 0 Å². The molecule has 4 rings (SSSR count). The minimum Gasteiger partial charge on any atom is -0.166 e. The lowest BCUT2D eigenvalue weighted by atomic mass is 9.91. The summed E-state index contributed by atoms with van der Waals surface area (Å²) in [5.41, 5.74) is 2.50. The quantitative estimate of drug-likeness (QED) is 0.247. The summed E-state index contributed by atoms with van der Waals surface area (Å²) >= 11 is 0. The second kappa shape index (κ2) is 9.53. The summed E-state index contributed by atoms with van der Waals surface area (Å²) in [5.74, 6) is 0. The van der Waals surface area contributed by atoms with Crippen LogP contribution >= 0.6 is 0 Å². The molecular weight excluding hydrogens is 450 g/mol. The van der Waals surface area contributed by atoms with Gasteiger partial charge in [-0.1, -0.05) is 60.7 Å². The van der Waals surface area contributed by atoms with Crippen LogP contribution in [0.5, 0.6) is 0 Å². The second-order valence-electron chi connectivity index (χ2n) is 8.31. The first-order chi connectivity index (χ1) is 16.1. The number of fused-ring (bicyclic) bond motifs is 1. The first-order valence-corrected chi connectivity index (χ1v) is 10.9. The number of rotatable bonds is 6. The molecule has 0 aliphatic carbocycles. The van der Waals surface area contributed by atoms with Crippen molar-refractivity contribution in [2.45, 2.75) is 38.0 Å². The van der Waals surface area contributed by atoms with E-state index in [4.69, 9.17) is 0 Å². The fourth-order valence-electron chi connectivity index (χ4n) is 4.18. The molecule has 0 N–H and O–H groups in total. The van der Waals surface area contributed by atoms with Crippen LogP contribution in [0.2, 0.25) is 0 Å². The lowest BCUT2D eigenvalue weighted by molar-refractivity contribution is -0.138. The van der Waals surface area contributed by atoms with E-state index in [9.17, 15) is 26.3 Å². The van der Waals surface area contributed by atoms with Crippen LogP contribution in [-0.2, 0) is 38.0 Å². The number of halogens is 6. The number of benzene rings is 4. The van der Waals surface area contributed by atoms with Crippen LogP contribution < -0.4 is 0 Å². The molecule has 0 nitrogen and oxygen atoms in total. The molecule has 0 saturated carbocycles. The molecule has 0 fully saturated rings. The molecule has 0 bridgehead atoms. The molecule has 0 spiro atoms. The Kier molecular flexibility index (Phi) is 6.69. The molecule has 6 heteroatoms. The Morgan fingerprint density at radius 2 is 0.971 bits per heavy atom. The summed E-state index contributed by atoms with van der Waals surface area (Å²) in [6, 6.07) is 22.4. The topological polar surface area (TPSA) is 0 Å². The van der Waals surface area contributed by atoms with Crippen LogP contribution in [0.15, 0.2) is 84.9 Å². The maximum atomic E-state index is 12.8. The minimum atomic E-state index is -4.36. The number of aryl methyl sites for hydroxylation is 4. The number of hydrogen-bond donors (Lipinski definition) is 0. The Bertz CT molecular complexity index is 1250. The highest BCUT2D eigenvalue weighted by Crippen LogP contribution is 2.31. The maximum absolute atomic E-state index is 12.8. The fraction of sp³-hybridized carbons (Fsp3) is 0.214. The molecule has 0 unspecified atom stereocenters. The van der Waals surface area contributed by atoms with Gasteiger partial charge in [0.1, 0.15) is 0 Å². The van der Waals surface area contributed by atoms with Crippen molar-refractivity contribution in [3.63, 3.8) is 0 Å². The van der Waals surface area contributed by atoms with Gasteiger partial charge in [0.15, 0.2) is 0 Å². The van der Waals surface area contributed by atoms with E-state index in [0.29, 0.717) is 25.7 Å². The van der Waals surface area contributed by atoms with E-state index in [1.807, 2.05) is 36.4 Å². The summed E-state index contributed by atoms with van der Waals surface area (Å²) in [6.45, 7) is 0. The summed E-state index contributed by atoms with van der Waals surface area (Å²) < 4.78 is 77.0. The van der Waals surface area contributed by atoms with E-state index in [1.54, 1.807) is 0 Å². The summed E-state index contributed by atoms with van der Waals surface area (Å²) in [7, 11) is 0. The molecule has 0 radical (unpaired) electrons. The fourth-order valence-corrected chi connectivity index (χ4v) is 4.18. The van der Waals surface area contributed by atoms with Gasteiger partial charge in [-0.05, 0) is 83.0 Å². The van der Waals surface area contributed by atoms with Crippen LogP contribution in [0.3, 0.4) is 0 Å². The highest BCUT2D eigenvalue weighted by atomic mass is 19.4. The molecule has 0 saturated heterocycles. The Morgan fingerprint density at radius 3 is 1.50 bits per heavy atom. The molecule has 4 aromatic carbocycles. The third kappa shape index (κ3) is 5.61. The monoisotopic (exact) mass is 472 g/mol. The van der Waals surface area contributed by atoms with Gasteiger partial charge in [-0.2, -0.15) is 26.3 Å². The first kappa shape index (κ1) is 23.9. The first-order valence-electron chi connectivity index (χ1n) is 10.9. The smallest absolute Gasteiger partial charge is 0.166 e. The molecule has 0 amide bonds. The summed E-state index contributed by atoms with van der Waals surface area (Å²) in [4.78, 5) is 0. The van der Waals surface area contributed by atoms with Gasteiger partial charge in [-0.3, -0.25) is 0 Å². The Morgan fingerprint density at radius 1 is 0.471 bits per heavy atom. The minimum absolute atomic E-state index is 0.583. The predicted molar refractivity (Wildman–Crippen MR) is 122 cm³/mol. The Labute approximate surface area is 193 Å². The van der Waals surface area contributed by atoms with Crippen molar-refractivity contribution in [2.24, 2.45) is 0 Å². The van der Waals surface area contributed by atoms with Crippen molar-refractivity contribution in [2.75, 3.05) is 0 Å². The van der Waals surface area contributed by atoms with Gasteiger partial charge in [0.2, 0.25) is 0 Å². The van der Waals surface area contributed by atoms with Crippen LogP contribution in [0, 0.1) is 0 Å². The van der Waals surface area contributed by atoms with Gasteiger partial charge >= 0.3 is 12.4 Å². The van der Waals surface area contributed by atoms with Crippen molar-refractivity contribution < 1.29 is 26.3 Å². The maximum Gasteiger partial charge on any atom is 0.416 e. The average molecular weight is 472 g/mol. The molecule has 176 valence electrons. The van der Waals surface area contributed by atoms with E-state index in [0.717, 1.165) is 57.3 Å². The molecule has 34 heavy (non-hydrogen) atoms. The standard InChI is InChI=1S/C28H22F6/c29-27(30,31)23-14-6-19(7-15-23)5-11-22-13-12-21-3-1-2-4-25(21)26(22)18-10-20-8-16-24(17-9-20)28(32,33)34/h1-4,6-9,12-17H,5,10-11,18H2.